The molecular weight excluding hydrogens is 181 g/mol. The van der Waals surface area contributed by atoms with E-state index >= 15 is 0 Å². The van der Waals surface area contributed by atoms with E-state index in [0.717, 1.165) is 0 Å². The molecule has 0 aromatic heterocycles. The van der Waals surface area contributed by atoms with Crippen LogP contribution in [0, 0.1) is 5.82 Å². The number of rotatable bonds is 3. The first kappa shape index (κ1) is 9.00. The summed E-state index contributed by atoms with van der Waals surface area (Å²) in [7, 11) is 0. The van der Waals surface area contributed by atoms with Crippen molar-refractivity contribution in [2.24, 2.45) is 5.16 Å². The zero-order valence-electron chi connectivity index (χ0n) is 6.26. The van der Waals surface area contributed by atoms with E-state index in [4.69, 9.17) is 11.6 Å². The standard InChI is InChI=1S/C8H7ClFNO/c1-11-12-5-6-4-7(9)2-3-8(6)10/h2-4H,1,5H2. The second-order valence-corrected chi connectivity index (χ2v) is 2.57. The predicted molar refractivity (Wildman–Crippen MR) is 45.7 cm³/mol. The van der Waals surface area contributed by atoms with Gasteiger partial charge >= 0.3 is 0 Å². The Labute approximate surface area is 74.6 Å². The van der Waals surface area contributed by atoms with Crippen LogP contribution in [0.4, 0.5) is 4.39 Å². The van der Waals surface area contributed by atoms with Gasteiger partial charge < -0.3 is 4.84 Å². The molecule has 0 saturated carbocycles. The Kier molecular flexibility index (Phi) is 3.05. The summed E-state index contributed by atoms with van der Waals surface area (Å²) in [5.41, 5.74) is 0.370. The van der Waals surface area contributed by atoms with E-state index in [9.17, 15) is 4.39 Å². The van der Waals surface area contributed by atoms with Crippen LogP contribution in [0.2, 0.25) is 5.02 Å². The van der Waals surface area contributed by atoms with Gasteiger partial charge in [-0.2, -0.15) is 0 Å². The fourth-order valence-electron chi connectivity index (χ4n) is 0.769. The summed E-state index contributed by atoms with van der Waals surface area (Å²) < 4.78 is 12.9. The number of benzene rings is 1. The van der Waals surface area contributed by atoms with Crippen molar-refractivity contribution in [1.82, 2.24) is 0 Å². The van der Waals surface area contributed by atoms with E-state index in [2.05, 4.69) is 16.7 Å². The van der Waals surface area contributed by atoms with Crippen molar-refractivity contribution in [2.75, 3.05) is 0 Å². The SMILES string of the molecule is C=NOCc1cc(Cl)ccc1F. The zero-order valence-corrected chi connectivity index (χ0v) is 7.01. The lowest BCUT2D eigenvalue weighted by molar-refractivity contribution is 0.130. The molecule has 1 rings (SSSR count). The zero-order chi connectivity index (χ0) is 8.97. The molecule has 2 nitrogen and oxygen atoms in total. The van der Waals surface area contributed by atoms with E-state index in [-0.39, 0.29) is 12.4 Å². The van der Waals surface area contributed by atoms with E-state index in [1.165, 1.54) is 18.2 Å². The second kappa shape index (κ2) is 4.07. The minimum Gasteiger partial charge on any atom is -0.391 e. The summed E-state index contributed by atoms with van der Waals surface area (Å²) in [6, 6.07) is 4.24. The van der Waals surface area contributed by atoms with Gasteiger partial charge in [0.2, 0.25) is 0 Å². The maximum absolute atomic E-state index is 12.9. The van der Waals surface area contributed by atoms with Crippen molar-refractivity contribution in [3.63, 3.8) is 0 Å². The molecular formula is C8H7ClFNO. The summed E-state index contributed by atoms with van der Waals surface area (Å²) in [5, 5.41) is 3.61. The first-order valence-corrected chi connectivity index (χ1v) is 3.63. The maximum Gasteiger partial charge on any atom is 0.145 e. The highest BCUT2D eigenvalue weighted by Crippen LogP contribution is 2.15. The van der Waals surface area contributed by atoms with Gasteiger partial charge in [-0.25, -0.2) is 4.39 Å². The molecule has 0 heterocycles. The van der Waals surface area contributed by atoms with Crippen LogP contribution in [0.1, 0.15) is 5.56 Å². The average Bonchev–Trinajstić information content (AvgIpc) is 2.07. The highest BCUT2D eigenvalue weighted by molar-refractivity contribution is 6.30. The van der Waals surface area contributed by atoms with Gasteiger partial charge in [0.25, 0.3) is 0 Å². The third kappa shape index (κ3) is 2.20. The van der Waals surface area contributed by atoms with Gasteiger partial charge in [0.1, 0.15) is 12.4 Å². The van der Waals surface area contributed by atoms with Gasteiger partial charge in [-0.1, -0.05) is 11.6 Å². The third-order valence-corrected chi connectivity index (χ3v) is 1.55. The topological polar surface area (TPSA) is 21.6 Å². The second-order valence-electron chi connectivity index (χ2n) is 2.14. The Morgan fingerprint density at radius 1 is 1.58 bits per heavy atom. The van der Waals surface area contributed by atoms with Crippen molar-refractivity contribution < 1.29 is 9.23 Å². The van der Waals surface area contributed by atoms with Crippen molar-refractivity contribution in [2.45, 2.75) is 6.61 Å². The van der Waals surface area contributed by atoms with Crippen LogP contribution in [0.5, 0.6) is 0 Å². The fourth-order valence-corrected chi connectivity index (χ4v) is 0.964. The van der Waals surface area contributed by atoms with Gasteiger partial charge in [0, 0.05) is 17.3 Å². The Bertz CT molecular complexity index is 290. The Hall–Kier alpha value is -1.09. The van der Waals surface area contributed by atoms with Crippen LogP contribution in [-0.4, -0.2) is 6.72 Å². The Morgan fingerprint density at radius 2 is 2.33 bits per heavy atom. The Morgan fingerprint density at radius 3 is 3.00 bits per heavy atom. The number of nitrogens with zero attached hydrogens (tertiary/aromatic N) is 1. The largest absolute Gasteiger partial charge is 0.391 e. The molecule has 0 radical (unpaired) electrons. The molecule has 0 unspecified atom stereocenters. The van der Waals surface area contributed by atoms with Gasteiger partial charge in [-0.3, -0.25) is 0 Å². The van der Waals surface area contributed by atoms with Crippen LogP contribution in [0.25, 0.3) is 0 Å². The molecule has 64 valence electrons. The quantitative estimate of drug-likeness (QED) is 0.527. The molecule has 1 aromatic rings. The lowest BCUT2D eigenvalue weighted by atomic mass is 10.2. The Balaban J connectivity index is 2.82. The molecule has 0 N–H and O–H groups in total. The predicted octanol–water partition coefficient (Wildman–Crippen LogP) is 2.61. The molecule has 0 amide bonds. The molecule has 0 aliphatic rings. The maximum atomic E-state index is 12.9. The smallest absolute Gasteiger partial charge is 0.145 e. The normalized spacial score (nSPS) is 9.50. The highest BCUT2D eigenvalue weighted by atomic mass is 35.5. The lowest BCUT2D eigenvalue weighted by Crippen LogP contribution is -1.91. The number of hydrogen-bond acceptors (Lipinski definition) is 2. The van der Waals surface area contributed by atoms with E-state index < -0.39 is 0 Å². The van der Waals surface area contributed by atoms with E-state index in [1.54, 1.807) is 0 Å². The van der Waals surface area contributed by atoms with Gasteiger partial charge in [-0.05, 0) is 18.2 Å². The molecule has 0 aliphatic heterocycles. The van der Waals surface area contributed by atoms with E-state index in [0.29, 0.717) is 10.6 Å². The number of oxime groups is 1. The molecule has 0 spiro atoms. The molecule has 0 aliphatic carbocycles. The van der Waals surface area contributed by atoms with E-state index in [1.807, 2.05) is 0 Å². The summed E-state index contributed by atoms with van der Waals surface area (Å²) >= 11 is 5.63. The average molecular weight is 188 g/mol. The molecule has 0 bridgehead atoms. The van der Waals surface area contributed by atoms with Crippen LogP contribution >= 0.6 is 11.6 Å². The number of halogens is 2. The molecule has 12 heavy (non-hydrogen) atoms. The molecule has 0 fully saturated rings. The first-order chi connectivity index (χ1) is 5.74. The summed E-state index contributed by atoms with van der Waals surface area (Å²) in [5.74, 6) is -0.358. The first-order valence-electron chi connectivity index (χ1n) is 3.26. The van der Waals surface area contributed by atoms with Crippen molar-refractivity contribution in [3.8, 4) is 0 Å². The monoisotopic (exact) mass is 187 g/mol. The van der Waals surface area contributed by atoms with Crippen molar-refractivity contribution >= 4 is 18.3 Å². The minimum absolute atomic E-state index is 0.0515. The highest BCUT2D eigenvalue weighted by Gasteiger charge is 2.02. The molecule has 1 aromatic carbocycles. The molecule has 0 saturated heterocycles. The summed E-state index contributed by atoms with van der Waals surface area (Å²) in [4.78, 5) is 4.57. The minimum atomic E-state index is -0.358. The molecule has 4 heteroatoms. The van der Waals surface area contributed by atoms with Crippen LogP contribution < -0.4 is 0 Å². The van der Waals surface area contributed by atoms with Gasteiger partial charge in [0.15, 0.2) is 0 Å². The summed E-state index contributed by atoms with van der Waals surface area (Å²) in [6.45, 7) is 3.15. The van der Waals surface area contributed by atoms with Crippen LogP contribution in [0.3, 0.4) is 0 Å². The van der Waals surface area contributed by atoms with Gasteiger partial charge in [0.05, 0.1) is 0 Å². The van der Waals surface area contributed by atoms with Crippen molar-refractivity contribution in [1.29, 1.82) is 0 Å². The van der Waals surface area contributed by atoms with Crippen LogP contribution in [-0.2, 0) is 11.4 Å². The molecule has 0 atom stereocenters. The van der Waals surface area contributed by atoms with Gasteiger partial charge in [-0.15, -0.1) is 5.16 Å². The number of hydrogen-bond donors (Lipinski definition) is 0. The van der Waals surface area contributed by atoms with Crippen LogP contribution in [0.15, 0.2) is 23.4 Å². The fraction of sp³-hybridized carbons (Fsp3) is 0.125. The third-order valence-electron chi connectivity index (χ3n) is 1.32. The summed E-state index contributed by atoms with van der Waals surface area (Å²) in [6.07, 6.45) is 0. The van der Waals surface area contributed by atoms with Crippen molar-refractivity contribution in [3.05, 3.63) is 34.6 Å². The lowest BCUT2D eigenvalue weighted by Gasteiger charge is -2.01.